The van der Waals surface area contributed by atoms with Gasteiger partial charge < -0.3 is 20.6 Å². The molecule has 2 aromatic carbocycles. The van der Waals surface area contributed by atoms with Gasteiger partial charge in [-0.1, -0.05) is 11.8 Å². The van der Waals surface area contributed by atoms with Crippen molar-refractivity contribution in [2.24, 2.45) is 0 Å². The molecule has 32 heavy (non-hydrogen) atoms. The Morgan fingerprint density at radius 1 is 0.969 bits per heavy atom. The van der Waals surface area contributed by atoms with Crippen molar-refractivity contribution in [3.8, 4) is 11.8 Å². The lowest BCUT2D eigenvalue weighted by Crippen LogP contribution is -2.51. The van der Waals surface area contributed by atoms with Crippen molar-refractivity contribution < 1.29 is 24.7 Å². The van der Waals surface area contributed by atoms with Crippen molar-refractivity contribution in [1.82, 2.24) is 15.7 Å². The zero-order valence-electron chi connectivity index (χ0n) is 18.0. The number of hydrogen-bond acceptors (Lipinski definition) is 6. The number of benzene rings is 2. The minimum absolute atomic E-state index is 0.102. The van der Waals surface area contributed by atoms with Crippen LogP contribution in [0.25, 0.3) is 0 Å². The number of likely N-dealkylation sites (N-methyl/N-ethyl adjacent to an activating group) is 1. The van der Waals surface area contributed by atoms with Gasteiger partial charge in [0.15, 0.2) is 0 Å². The second kappa shape index (κ2) is 11.6. The molecule has 0 spiro atoms. The van der Waals surface area contributed by atoms with E-state index in [9.17, 15) is 19.5 Å². The molecule has 0 radical (unpaired) electrons. The number of hydroxylamine groups is 1. The summed E-state index contributed by atoms with van der Waals surface area (Å²) in [5.41, 5.74) is 3.79. The van der Waals surface area contributed by atoms with Crippen molar-refractivity contribution in [3.05, 3.63) is 65.2 Å². The average molecular weight is 438 g/mol. The van der Waals surface area contributed by atoms with Gasteiger partial charge in [-0.15, -0.1) is 0 Å². The van der Waals surface area contributed by atoms with Gasteiger partial charge in [0, 0.05) is 22.4 Å². The molecular weight excluding hydrogens is 412 g/mol. The lowest BCUT2D eigenvalue weighted by atomic mass is 10.1. The molecule has 0 heterocycles. The second-order valence-corrected chi connectivity index (χ2v) is 7.36. The Balaban J connectivity index is 2.00. The Morgan fingerprint density at radius 3 is 1.97 bits per heavy atom. The predicted octanol–water partition coefficient (Wildman–Crippen LogP) is 0.571. The maximum Gasteiger partial charge on any atom is 0.268 e. The average Bonchev–Trinajstić information content (AvgIpc) is 2.75. The number of rotatable bonds is 7. The molecule has 0 fully saturated rings. The number of aliphatic hydroxyl groups excluding tert-OH is 1. The molecule has 168 valence electrons. The van der Waals surface area contributed by atoms with E-state index in [1.165, 1.54) is 12.4 Å². The van der Waals surface area contributed by atoms with Crippen LogP contribution in [0.15, 0.2) is 48.5 Å². The van der Waals surface area contributed by atoms with E-state index in [4.69, 9.17) is 5.21 Å². The fourth-order valence-electron chi connectivity index (χ4n) is 2.67. The van der Waals surface area contributed by atoms with Crippen LogP contribution in [0.2, 0.25) is 0 Å². The molecule has 0 saturated heterocycles. The molecule has 2 aromatic rings. The summed E-state index contributed by atoms with van der Waals surface area (Å²) >= 11 is 0. The summed E-state index contributed by atoms with van der Waals surface area (Å²) in [6.07, 6.45) is -1.19. The van der Waals surface area contributed by atoms with Gasteiger partial charge in [0.2, 0.25) is 5.91 Å². The van der Waals surface area contributed by atoms with Gasteiger partial charge in [-0.25, -0.2) is 5.48 Å². The molecule has 0 bridgehead atoms. The molecule has 0 saturated carbocycles. The zero-order chi connectivity index (χ0) is 23.7. The van der Waals surface area contributed by atoms with Crippen LogP contribution >= 0.6 is 0 Å². The fourth-order valence-corrected chi connectivity index (χ4v) is 2.67. The van der Waals surface area contributed by atoms with Crippen molar-refractivity contribution in [2.75, 3.05) is 26.0 Å². The molecule has 0 aliphatic heterocycles. The van der Waals surface area contributed by atoms with Crippen molar-refractivity contribution in [3.63, 3.8) is 0 Å². The fraction of sp³-hybridized carbons (Fsp3) is 0.261. The first kappa shape index (κ1) is 24.6. The van der Waals surface area contributed by atoms with Crippen LogP contribution in [-0.2, 0) is 9.59 Å². The van der Waals surface area contributed by atoms with Crippen LogP contribution in [0.3, 0.4) is 0 Å². The Hall–Kier alpha value is -3.71. The summed E-state index contributed by atoms with van der Waals surface area (Å²) in [5.74, 6) is 4.40. The van der Waals surface area contributed by atoms with Gasteiger partial charge in [-0.2, -0.15) is 0 Å². The normalized spacial score (nSPS) is 12.2. The number of nitrogens with one attached hydrogen (secondary N) is 3. The van der Waals surface area contributed by atoms with Gasteiger partial charge >= 0.3 is 0 Å². The van der Waals surface area contributed by atoms with Crippen molar-refractivity contribution in [1.29, 1.82) is 0 Å². The van der Waals surface area contributed by atoms with Gasteiger partial charge in [0.1, 0.15) is 6.04 Å². The summed E-state index contributed by atoms with van der Waals surface area (Å²) in [5, 5.41) is 23.5. The van der Waals surface area contributed by atoms with E-state index in [1.807, 2.05) is 14.1 Å². The smallest absolute Gasteiger partial charge is 0.268 e. The Bertz CT molecular complexity index is 1010. The molecule has 5 N–H and O–H groups in total. The van der Waals surface area contributed by atoms with E-state index in [0.29, 0.717) is 17.8 Å². The standard InChI is InChI=1S/C23H26N4O5/c1-15(28)21(23(31)26-32)25-22(30)18-10-6-16(7-11-18)4-5-17-8-12-19(13-9-17)24-20(29)14-27(2)3/h6-13,15,21,28,32H,14H2,1-3H3,(H,24,29)(H,25,30)(H,26,31)/t15-,21+/m1/s1. The van der Waals surface area contributed by atoms with Gasteiger partial charge in [-0.05, 0) is 69.6 Å². The highest BCUT2D eigenvalue weighted by atomic mass is 16.5. The number of hydrogen-bond donors (Lipinski definition) is 5. The third kappa shape index (κ3) is 7.52. The monoisotopic (exact) mass is 438 g/mol. The van der Waals surface area contributed by atoms with Gasteiger partial charge in [-0.3, -0.25) is 19.6 Å². The van der Waals surface area contributed by atoms with Crippen LogP contribution in [-0.4, -0.2) is 65.7 Å². The summed E-state index contributed by atoms with van der Waals surface area (Å²) < 4.78 is 0. The number of anilines is 1. The highest BCUT2D eigenvalue weighted by Gasteiger charge is 2.25. The third-order valence-corrected chi connectivity index (χ3v) is 4.29. The summed E-state index contributed by atoms with van der Waals surface area (Å²) in [6.45, 7) is 1.62. The van der Waals surface area contributed by atoms with Crippen molar-refractivity contribution >= 4 is 23.4 Å². The van der Waals surface area contributed by atoms with Crippen LogP contribution in [0.4, 0.5) is 5.69 Å². The Morgan fingerprint density at radius 2 is 1.50 bits per heavy atom. The molecule has 2 atom stereocenters. The Labute approximate surface area is 186 Å². The third-order valence-electron chi connectivity index (χ3n) is 4.29. The summed E-state index contributed by atoms with van der Waals surface area (Å²) in [4.78, 5) is 37.4. The minimum Gasteiger partial charge on any atom is -0.391 e. The number of nitrogens with zero attached hydrogens (tertiary/aromatic N) is 1. The zero-order valence-corrected chi connectivity index (χ0v) is 18.0. The molecule has 0 unspecified atom stereocenters. The first-order chi connectivity index (χ1) is 15.2. The SMILES string of the molecule is C[C@@H](O)[C@H](NC(=O)c1ccc(C#Cc2ccc(NC(=O)CN(C)C)cc2)cc1)C(=O)NO. The second-order valence-electron chi connectivity index (χ2n) is 7.36. The number of aliphatic hydroxyl groups is 1. The van der Waals surface area contributed by atoms with E-state index < -0.39 is 24.0 Å². The molecule has 3 amide bonds. The van der Waals surface area contributed by atoms with Crippen LogP contribution < -0.4 is 16.1 Å². The number of carbonyl (C=O) groups excluding carboxylic acids is 3. The van der Waals surface area contributed by atoms with Crippen LogP contribution in [0, 0.1) is 11.8 Å². The lowest BCUT2D eigenvalue weighted by Gasteiger charge is -2.19. The van der Waals surface area contributed by atoms with E-state index in [0.717, 1.165) is 5.56 Å². The molecule has 0 aliphatic rings. The van der Waals surface area contributed by atoms with E-state index in [1.54, 1.807) is 53.4 Å². The number of carbonyl (C=O) groups is 3. The summed E-state index contributed by atoms with van der Waals surface area (Å²) in [7, 11) is 3.64. The lowest BCUT2D eigenvalue weighted by molar-refractivity contribution is -0.133. The first-order valence-corrected chi connectivity index (χ1v) is 9.79. The van der Waals surface area contributed by atoms with E-state index >= 15 is 0 Å². The highest BCUT2D eigenvalue weighted by molar-refractivity contribution is 5.97. The minimum atomic E-state index is -1.29. The molecule has 9 nitrogen and oxygen atoms in total. The topological polar surface area (TPSA) is 131 Å². The molecule has 0 aromatic heterocycles. The van der Waals surface area contributed by atoms with Crippen LogP contribution in [0.5, 0.6) is 0 Å². The summed E-state index contributed by atoms with van der Waals surface area (Å²) in [6, 6.07) is 12.2. The number of amides is 3. The largest absolute Gasteiger partial charge is 0.391 e. The molecule has 2 rings (SSSR count). The van der Waals surface area contributed by atoms with Crippen LogP contribution in [0.1, 0.15) is 28.4 Å². The Kier molecular flexibility index (Phi) is 8.92. The predicted molar refractivity (Wildman–Crippen MR) is 119 cm³/mol. The maximum atomic E-state index is 12.3. The molecule has 9 heteroatoms. The van der Waals surface area contributed by atoms with E-state index in [-0.39, 0.29) is 11.5 Å². The molecular formula is C23H26N4O5. The molecule has 0 aliphatic carbocycles. The van der Waals surface area contributed by atoms with E-state index in [2.05, 4.69) is 22.5 Å². The van der Waals surface area contributed by atoms with Crippen molar-refractivity contribution in [2.45, 2.75) is 19.1 Å². The van der Waals surface area contributed by atoms with Gasteiger partial charge in [0.05, 0.1) is 12.6 Å². The van der Waals surface area contributed by atoms with Gasteiger partial charge in [0.25, 0.3) is 11.8 Å². The quantitative estimate of drug-likeness (QED) is 0.244. The highest BCUT2D eigenvalue weighted by Crippen LogP contribution is 2.10. The first-order valence-electron chi connectivity index (χ1n) is 9.79. The maximum absolute atomic E-state index is 12.3.